The van der Waals surface area contributed by atoms with Crippen LogP contribution in [0.25, 0.3) is 0 Å². The summed E-state index contributed by atoms with van der Waals surface area (Å²) in [6.45, 7) is 0. The first-order valence-corrected chi connectivity index (χ1v) is 8.87. The molecule has 3 heterocycles. The van der Waals surface area contributed by atoms with E-state index in [-0.39, 0.29) is 17.5 Å². The monoisotopic (exact) mass is 344 g/mol. The molecular formula is C16H16N4O3S. The van der Waals surface area contributed by atoms with Crippen LogP contribution in [0, 0.1) is 23.2 Å². The number of rotatable bonds is 1. The third kappa shape index (κ3) is 1.91. The highest BCUT2D eigenvalue weighted by Gasteiger charge is 2.61. The fourth-order valence-corrected chi connectivity index (χ4v) is 5.72. The Morgan fingerprint density at radius 1 is 1.46 bits per heavy atom. The van der Waals surface area contributed by atoms with E-state index in [1.165, 1.54) is 0 Å². The smallest absolute Gasteiger partial charge is 0.321 e. The van der Waals surface area contributed by atoms with Crippen LogP contribution in [-0.4, -0.2) is 29.0 Å². The lowest BCUT2D eigenvalue weighted by molar-refractivity contribution is -0.128. The SMILES string of the molecule is N#CC1=C(N)[C@@H]2C(=O)NC(=O)N[C@@]23CCSC[C@@H]3[C@H]1c1ccco1. The average molecular weight is 344 g/mol. The molecular weight excluding hydrogens is 328 g/mol. The number of imide groups is 1. The van der Waals surface area contributed by atoms with Crippen molar-refractivity contribution in [3.8, 4) is 6.07 Å². The van der Waals surface area contributed by atoms with Gasteiger partial charge in [0.25, 0.3) is 0 Å². The van der Waals surface area contributed by atoms with E-state index in [0.717, 1.165) is 5.75 Å². The maximum absolute atomic E-state index is 12.5. The second-order valence-corrected chi connectivity index (χ2v) is 7.47. The first-order chi connectivity index (χ1) is 11.6. The summed E-state index contributed by atoms with van der Waals surface area (Å²) in [7, 11) is 0. The minimum absolute atomic E-state index is 0.135. The van der Waals surface area contributed by atoms with Crippen LogP contribution in [0.3, 0.4) is 0 Å². The molecule has 4 N–H and O–H groups in total. The van der Waals surface area contributed by atoms with Crippen molar-refractivity contribution >= 4 is 23.7 Å². The summed E-state index contributed by atoms with van der Waals surface area (Å²) < 4.78 is 5.57. The van der Waals surface area contributed by atoms with E-state index < -0.39 is 23.4 Å². The van der Waals surface area contributed by atoms with E-state index in [4.69, 9.17) is 10.2 Å². The van der Waals surface area contributed by atoms with Crippen molar-refractivity contribution in [2.24, 2.45) is 17.6 Å². The van der Waals surface area contributed by atoms with E-state index in [1.54, 1.807) is 24.1 Å². The van der Waals surface area contributed by atoms with Gasteiger partial charge in [0.1, 0.15) is 11.7 Å². The number of amides is 3. The van der Waals surface area contributed by atoms with Gasteiger partial charge in [-0.05, 0) is 30.1 Å². The summed E-state index contributed by atoms with van der Waals surface area (Å²) in [6, 6.07) is 5.26. The zero-order chi connectivity index (χ0) is 16.9. The molecule has 2 saturated heterocycles. The van der Waals surface area contributed by atoms with E-state index in [0.29, 0.717) is 23.5 Å². The fraction of sp³-hybridized carbons (Fsp3) is 0.438. The van der Waals surface area contributed by atoms with Crippen LogP contribution in [-0.2, 0) is 4.79 Å². The number of nitrogens with two attached hydrogens (primary N) is 1. The highest BCUT2D eigenvalue weighted by Crippen LogP contribution is 2.54. The van der Waals surface area contributed by atoms with Crippen LogP contribution in [0.5, 0.6) is 0 Å². The topological polar surface area (TPSA) is 121 Å². The van der Waals surface area contributed by atoms with Gasteiger partial charge in [-0.1, -0.05) is 0 Å². The highest BCUT2D eigenvalue weighted by atomic mass is 32.2. The molecule has 1 aliphatic carbocycles. The molecule has 4 atom stereocenters. The van der Waals surface area contributed by atoms with Crippen molar-refractivity contribution in [2.45, 2.75) is 17.9 Å². The molecule has 4 rings (SSSR count). The number of nitriles is 1. The van der Waals surface area contributed by atoms with Gasteiger partial charge in [0.05, 0.1) is 29.4 Å². The van der Waals surface area contributed by atoms with Gasteiger partial charge in [-0.15, -0.1) is 0 Å². The van der Waals surface area contributed by atoms with Crippen LogP contribution in [0.2, 0.25) is 0 Å². The number of hydrogen-bond acceptors (Lipinski definition) is 6. The number of urea groups is 1. The Balaban J connectivity index is 1.95. The van der Waals surface area contributed by atoms with Gasteiger partial charge in [-0.3, -0.25) is 10.1 Å². The van der Waals surface area contributed by atoms with E-state index in [2.05, 4.69) is 16.7 Å². The molecule has 24 heavy (non-hydrogen) atoms. The molecule has 7 nitrogen and oxygen atoms in total. The number of allylic oxidation sites excluding steroid dienone is 1. The summed E-state index contributed by atoms with van der Waals surface area (Å²) in [4.78, 5) is 24.6. The molecule has 1 aromatic heterocycles. The molecule has 0 aromatic carbocycles. The number of furan rings is 1. The molecule has 0 saturated carbocycles. The van der Waals surface area contributed by atoms with E-state index in [9.17, 15) is 14.9 Å². The maximum Gasteiger partial charge on any atom is 0.321 e. The predicted molar refractivity (Wildman–Crippen MR) is 86.6 cm³/mol. The third-order valence-corrected chi connectivity index (χ3v) is 6.37. The van der Waals surface area contributed by atoms with Crippen molar-refractivity contribution < 1.29 is 14.0 Å². The van der Waals surface area contributed by atoms with Crippen molar-refractivity contribution in [3.05, 3.63) is 35.4 Å². The van der Waals surface area contributed by atoms with Crippen molar-refractivity contribution in [1.82, 2.24) is 10.6 Å². The van der Waals surface area contributed by atoms with Crippen LogP contribution in [0.1, 0.15) is 18.1 Å². The lowest BCUT2D eigenvalue weighted by Crippen LogP contribution is -2.73. The van der Waals surface area contributed by atoms with Gasteiger partial charge < -0.3 is 15.5 Å². The number of carbonyl (C=O) groups is 2. The van der Waals surface area contributed by atoms with Crippen LogP contribution in [0.4, 0.5) is 4.79 Å². The van der Waals surface area contributed by atoms with E-state index >= 15 is 0 Å². The molecule has 0 bridgehead atoms. The third-order valence-electron chi connectivity index (χ3n) is 5.28. The molecule has 3 amide bonds. The first kappa shape index (κ1) is 15.1. The molecule has 0 radical (unpaired) electrons. The highest BCUT2D eigenvalue weighted by molar-refractivity contribution is 7.99. The average Bonchev–Trinajstić information content (AvgIpc) is 3.06. The Morgan fingerprint density at radius 2 is 2.29 bits per heavy atom. The van der Waals surface area contributed by atoms with Crippen LogP contribution in [0.15, 0.2) is 34.1 Å². The molecule has 1 spiro atoms. The van der Waals surface area contributed by atoms with Crippen molar-refractivity contribution in [2.75, 3.05) is 11.5 Å². The quantitative estimate of drug-likeness (QED) is 0.700. The summed E-state index contributed by atoms with van der Waals surface area (Å²) in [6.07, 6.45) is 2.18. The zero-order valence-corrected chi connectivity index (χ0v) is 13.6. The normalized spacial score (nSPS) is 35.4. The second-order valence-electron chi connectivity index (χ2n) is 6.32. The molecule has 2 aliphatic heterocycles. The Morgan fingerprint density at radius 3 is 3.00 bits per heavy atom. The summed E-state index contributed by atoms with van der Waals surface area (Å²) in [5.74, 6) is 0.527. The molecule has 3 aliphatic rings. The summed E-state index contributed by atoms with van der Waals surface area (Å²) in [5.41, 5.74) is 6.10. The number of carbonyl (C=O) groups excluding carboxylic acids is 2. The number of hydrogen-bond donors (Lipinski definition) is 3. The van der Waals surface area contributed by atoms with Gasteiger partial charge in [0, 0.05) is 11.6 Å². The van der Waals surface area contributed by atoms with Crippen LogP contribution < -0.4 is 16.4 Å². The van der Waals surface area contributed by atoms with Gasteiger partial charge in [-0.2, -0.15) is 17.0 Å². The lowest BCUT2D eigenvalue weighted by Gasteiger charge is -2.55. The molecule has 124 valence electrons. The van der Waals surface area contributed by atoms with Gasteiger partial charge in [0.15, 0.2) is 0 Å². The minimum atomic E-state index is -0.771. The minimum Gasteiger partial charge on any atom is -0.469 e. The number of thioether (sulfide) groups is 1. The lowest BCUT2D eigenvalue weighted by atomic mass is 9.58. The number of nitrogens with one attached hydrogen (secondary N) is 2. The van der Waals surface area contributed by atoms with E-state index in [1.807, 2.05) is 6.07 Å². The largest absolute Gasteiger partial charge is 0.469 e. The Bertz CT molecular complexity index is 782. The molecule has 2 fully saturated rings. The van der Waals surface area contributed by atoms with Gasteiger partial charge in [-0.25, -0.2) is 4.79 Å². The summed E-state index contributed by atoms with van der Waals surface area (Å²) >= 11 is 1.75. The van der Waals surface area contributed by atoms with Crippen LogP contribution >= 0.6 is 11.8 Å². The Labute approximate surface area is 142 Å². The summed E-state index contributed by atoms with van der Waals surface area (Å²) in [5, 5.41) is 15.0. The molecule has 1 aromatic rings. The van der Waals surface area contributed by atoms with Gasteiger partial charge in [0.2, 0.25) is 5.91 Å². The second kappa shape index (κ2) is 5.31. The Kier molecular flexibility index (Phi) is 3.35. The first-order valence-electron chi connectivity index (χ1n) is 7.72. The molecule has 0 unspecified atom stereocenters. The fourth-order valence-electron chi connectivity index (χ4n) is 4.32. The van der Waals surface area contributed by atoms with Crippen molar-refractivity contribution in [1.29, 1.82) is 5.26 Å². The standard InChI is InChI=1S/C16H16N4O3S/c17-6-8-11(10-2-1-4-23-10)9-7-24-5-3-16(9)12(13(8)18)14(21)19-15(22)20-16/h1-2,4,9,11-12H,3,5,7,18H2,(H2,19,20,21,22)/t9-,11+,12-,16-/m1/s1. The van der Waals surface area contributed by atoms with Crippen molar-refractivity contribution in [3.63, 3.8) is 0 Å². The molecule has 8 heteroatoms. The number of nitrogens with zero attached hydrogens (tertiary/aromatic N) is 1. The zero-order valence-electron chi connectivity index (χ0n) is 12.7. The Hall–Kier alpha value is -2.40. The predicted octanol–water partition coefficient (Wildman–Crippen LogP) is 1.06. The van der Waals surface area contributed by atoms with Gasteiger partial charge >= 0.3 is 6.03 Å². The maximum atomic E-state index is 12.5.